The van der Waals surface area contributed by atoms with Crippen molar-refractivity contribution in [3.63, 3.8) is 0 Å². The van der Waals surface area contributed by atoms with Crippen molar-refractivity contribution in [1.29, 1.82) is 0 Å². The Balaban J connectivity index is 2.04. The summed E-state index contributed by atoms with van der Waals surface area (Å²) < 4.78 is 10.8. The average Bonchev–Trinajstić information content (AvgIpc) is 2.46. The topological polar surface area (TPSA) is 38.8 Å². The number of carbonyl (C=O) groups is 1. The van der Waals surface area contributed by atoms with Crippen LogP contribution in [-0.4, -0.2) is 32.1 Å². The summed E-state index contributed by atoms with van der Waals surface area (Å²) in [5.74, 6) is 1.76. The maximum absolute atomic E-state index is 11.9. The molecule has 2 unspecified atom stereocenters. The zero-order valence-electron chi connectivity index (χ0n) is 12.4. The van der Waals surface area contributed by atoms with Crippen LogP contribution in [0.3, 0.4) is 0 Å². The molecule has 4 nitrogen and oxygen atoms in total. The number of nitrogens with zero attached hydrogens (tertiary/aromatic N) is 1. The van der Waals surface area contributed by atoms with Crippen LogP contribution < -0.4 is 14.4 Å². The van der Waals surface area contributed by atoms with Gasteiger partial charge in [-0.05, 0) is 19.3 Å². The van der Waals surface area contributed by atoms with Crippen molar-refractivity contribution in [2.24, 2.45) is 0 Å². The number of anilines is 1. The summed E-state index contributed by atoms with van der Waals surface area (Å²) in [7, 11) is 3.25. The van der Waals surface area contributed by atoms with Gasteiger partial charge in [0.15, 0.2) is 0 Å². The molecule has 5 heteroatoms. The predicted molar refractivity (Wildman–Crippen MR) is 82.7 cm³/mol. The van der Waals surface area contributed by atoms with E-state index in [0.29, 0.717) is 29.4 Å². The van der Waals surface area contributed by atoms with Gasteiger partial charge < -0.3 is 14.4 Å². The lowest BCUT2D eigenvalue weighted by atomic mass is 9.83. The Kier molecular flexibility index (Phi) is 3.98. The number of Topliss-reactive ketones (excluding diaryl/α,β-unsaturated/α-hetero) is 1. The van der Waals surface area contributed by atoms with Crippen LogP contribution in [-0.2, 0) is 4.79 Å². The first-order valence-corrected chi connectivity index (χ1v) is 7.73. The molecule has 1 aromatic carbocycles. The molecule has 0 saturated carbocycles. The third-order valence-electron chi connectivity index (χ3n) is 4.52. The summed E-state index contributed by atoms with van der Waals surface area (Å²) in [6.45, 7) is 0. The van der Waals surface area contributed by atoms with Gasteiger partial charge in [0.05, 0.1) is 24.9 Å². The number of halogens is 1. The first-order valence-electron chi connectivity index (χ1n) is 7.35. The lowest BCUT2D eigenvalue weighted by Gasteiger charge is -2.47. The Morgan fingerprint density at radius 1 is 1.10 bits per heavy atom. The number of piperidine rings is 2. The monoisotopic (exact) mass is 309 g/mol. The number of rotatable bonds is 3. The van der Waals surface area contributed by atoms with Gasteiger partial charge in [0, 0.05) is 37.1 Å². The third-order valence-corrected chi connectivity index (χ3v) is 4.81. The molecule has 2 bridgehead atoms. The Morgan fingerprint density at radius 2 is 1.71 bits per heavy atom. The Labute approximate surface area is 130 Å². The minimum atomic E-state index is 0.268. The summed E-state index contributed by atoms with van der Waals surface area (Å²) in [5.41, 5.74) is 0.987. The molecule has 2 aliphatic rings. The number of benzene rings is 1. The maximum Gasteiger partial charge on any atom is 0.143 e. The van der Waals surface area contributed by atoms with Crippen LogP contribution in [0.5, 0.6) is 11.5 Å². The van der Waals surface area contributed by atoms with Crippen LogP contribution in [0.4, 0.5) is 5.69 Å². The maximum atomic E-state index is 11.9. The molecule has 3 rings (SSSR count). The molecule has 2 heterocycles. The van der Waals surface area contributed by atoms with Crippen LogP contribution in [0.1, 0.15) is 32.1 Å². The van der Waals surface area contributed by atoms with Crippen molar-refractivity contribution < 1.29 is 14.3 Å². The number of ketones is 1. The van der Waals surface area contributed by atoms with E-state index in [1.807, 2.05) is 6.07 Å². The third kappa shape index (κ3) is 2.57. The zero-order chi connectivity index (χ0) is 15.0. The molecule has 0 aromatic heterocycles. The normalized spacial score (nSPS) is 24.9. The minimum absolute atomic E-state index is 0.268. The fourth-order valence-corrected chi connectivity index (χ4v) is 3.85. The number of hydrogen-bond donors (Lipinski definition) is 0. The number of carbonyl (C=O) groups excluding carboxylic acids is 1. The molecule has 2 atom stereocenters. The SMILES string of the molecule is COc1cc(N2C3CCCC2CC(=O)C3)c(OC)cc1Cl. The van der Waals surface area contributed by atoms with Crippen LogP contribution in [0.2, 0.25) is 5.02 Å². The number of fused-ring (bicyclic) bond motifs is 2. The lowest BCUT2D eigenvalue weighted by Crippen LogP contribution is -2.52. The molecular formula is C16H20ClNO3. The second kappa shape index (κ2) is 5.76. The molecule has 0 aliphatic carbocycles. The molecule has 0 radical (unpaired) electrons. The van der Waals surface area contributed by atoms with Crippen LogP contribution in [0, 0.1) is 0 Å². The Morgan fingerprint density at radius 3 is 2.29 bits per heavy atom. The van der Waals surface area contributed by atoms with Gasteiger partial charge in [-0.25, -0.2) is 0 Å². The van der Waals surface area contributed by atoms with Crippen molar-refractivity contribution in [2.45, 2.75) is 44.2 Å². The van der Waals surface area contributed by atoms with Crippen LogP contribution >= 0.6 is 11.6 Å². The van der Waals surface area contributed by atoms with Crippen molar-refractivity contribution in [2.75, 3.05) is 19.1 Å². The highest BCUT2D eigenvalue weighted by Crippen LogP contribution is 2.44. The van der Waals surface area contributed by atoms with Gasteiger partial charge in [0.25, 0.3) is 0 Å². The van der Waals surface area contributed by atoms with E-state index in [1.54, 1.807) is 20.3 Å². The van der Waals surface area contributed by atoms with Crippen molar-refractivity contribution in [3.05, 3.63) is 17.2 Å². The summed E-state index contributed by atoms with van der Waals surface area (Å²) in [6.07, 6.45) is 4.55. The molecule has 0 spiro atoms. The van der Waals surface area contributed by atoms with E-state index in [2.05, 4.69) is 4.90 Å². The Bertz CT molecular complexity index is 545. The van der Waals surface area contributed by atoms with Gasteiger partial charge in [-0.2, -0.15) is 0 Å². The average molecular weight is 310 g/mol. The molecule has 1 aromatic rings. The highest BCUT2D eigenvalue weighted by atomic mass is 35.5. The molecule has 2 fully saturated rings. The van der Waals surface area contributed by atoms with E-state index >= 15 is 0 Å². The van der Waals surface area contributed by atoms with Gasteiger partial charge in [-0.15, -0.1) is 0 Å². The summed E-state index contributed by atoms with van der Waals surface area (Å²) in [4.78, 5) is 14.2. The molecule has 114 valence electrons. The van der Waals surface area contributed by atoms with E-state index in [9.17, 15) is 4.79 Å². The summed E-state index contributed by atoms with van der Waals surface area (Å²) >= 11 is 6.19. The Hall–Kier alpha value is -1.42. The fourth-order valence-electron chi connectivity index (χ4n) is 3.61. The van der Waals surface area contributed by atoms with E-state index in [4.69, 9.17) is 21.1 Å². The second-order valence-electron chi connectivity index (χ2n) is 5.75. The summed E-state index contributed by atoms with van der Waals surface area (Å²) in [6, 6.07) is 4.26. The van der Waals surface area contributed by atoms with Crippen LogP contribution in [0.25, 0.3) is 0 Å². The van der Waals surface area contributed by atoms with E-state index in [0.717, 1.165) is 24.3 Å². The number of ether oxygens (including phenoxy) is 2. The van der Waals surface area contributed by atoms with Crippen molar-refractivity contribution in [3.8, 4) is 11.5 Å². The van der Waals surface area contributed by atoms with E-state index in [1.165, 1.54) is 6.42 Å². The fraction of sp³-hybridized carbons (Fsp3) is 0.562. The first kappa shape index (κ1) is 14.5. The number of methoxy groups -OCH3 is 2. The standard InChI is InChI=1S/C16H20ClNO3/c1-20-15-9-14(16(21-2)8-13(15)17)18-10-4-3-5-11(18)7-12(19)6-10/h8-11H,3-7H2,1-2H3. The lowest BCUT2D eigenvalue weighted by molar-refractivity contribution is -0.121. The van der Waals surface area contributed by atoms with Gasteiger partial charge in [-0.3, -0.25) is 4.79 Å². The molecular weight excluding hydrogens is 290 g/mol. The van der Waals surface area contributed by atoms with E-state index in [-0.39, 0.29) is 12.1 Å². The predicted octanol–water partition coefficient (Wildman–Crippen LogP) is 3.45. The number of hydrogen-bond acceptors (Lipinski definition) is 4. The zero-order valence-corrected chi connectivity index (χ0v) is 13.2. The van der Waals surface area contributed by atoms with Crippen LogP contribution in [0.15, 0.2) is 12.1 Å². The smallest absolute Gasteiger partial charge is 0.143 e. The van der Waals surface area contributed by atoms with Gasteiger partial charge in [0.2, 0.25) is 0 Å². The van der Waals surface area contributed by atoms with Gasteiger partial charge >= 0.3 is 0 Å². The molecule has 2 aliphatic heterocycles. The largest absolute Gasteiger partial charge is 0.495 e. The highest BCUT2D eigenvalue weighted by Gasteiger charge is 2.39. The quantitative estimate of drug-likeness (QED) is 0.857. The molecule has 0 amide bonds. The first-order chi connectivity index (χ1) is 10.1. The molecule has 0 N–H and O–H groups in total. The minimum Gasteiger partial charge on any atom is -0.495 e. The summed E-state index contributed by atoms with van der Waals surface area (Å²) in [5, 5.41) is 0.538. The highest BCUT2D eigenvalue weighted by molar-refractivity contribution is 6.32. The molecule has 21 heavy (non-hydrogen) atoms. The van der Waals surface area contributed by atoms with E-state index < -0.39 is 0 Å². The van der Waals surface area contributed by atoms with Crippen molar-refractivity contribution in [1.82, 2.24) is 0 Å². The second-order valence-corrected chi connectivity index (χ2v) is 6.16. The van der Waals surface area contributed by atoms with Gasteiger partial charge in [0.1, 0.15) is 17.3 Å². The van der Waals surface area contributed by atoms with Crippen molar-refractivity contribution >= 4 is 23.1 Å². The molecule has 2 saturated heterocycles. The van der Waals surface area contributed by atoms with Gasteiger partial charge in [-0.1, -0.05) is 11.6 Å².